The summed E-state index contributed by atoms with van der Waals surface area (Å²) in [6, 6.07) is 4.58. The Morgan fingerprint density at radius 1 is 1.57 bits per heavy atom. The van der Waals surface area contributed by atoms with Gasteiger partial charge in [-0.1, -0.05) is 0 Å². The molecule has 0 bridgehead atoms. The molecule has 1 aliphatic rings. The number of carbonyl (C=O) groups excluding carboxylic acids is 1. The van der Waals surface area contributed by atoms with Gasteiger partial charge in [-0.15, -0.1) is 11.3 Å². The fourth-order valence-corrected chi connectivity index (χ4v) is 2.99. The van der Waals surface area contributed by atoms with E-state index >= 15 is 0 Å². The van der Waals surface area contributed by atoms with Gasteiger partial charge < -0.3 is 9.84 Å². The third-order valence-electron chi connectivity index (χ3n) is 3.23. The van der Waals surface area contributed by atoms with E-state index < -0.39 is 18.0 Å². The number of anilines is 1. The Bertz CT molecular complexity index is 689. The van der Waals surface area contributed by atoms with Crippen molar-refractivity contribution in [3.8, 4) is 10.4 Å². The molecule has 0 radical (unpaired) electrons. The van der Waals surface area contributed by atoms with Gasteiger partial charge in [0, 0.05) is 11.8 Å². The van der Waals surface area contributed by atoms with Crippen LogP contribution in [-0.4, -0.2) is 35.4 Å². The Kier molecular flexibility index (Phi) is 3.60. The van der Waals surface area contributed by atoms with Crippen molar-refractivity contribution in [2.75, 3.05) is 18.1 Å². The largest absolute Gasteiger partial charge is 0.441 e. The lowest BCUT2D eigenvalue weighted by molar-refractivity contribution is 0.0963. The highest BCUT2D eigenvalue weighted by molar-refractivity contribution is 7.15. The molecule has 0 spiro atoms. The number of thiazole rings is 1. The summed E-state index contributed by atoms with van der Waals surface area (Å²) in [6.45, 7) is 1.83. The van der Waals surface area contributed by atoms with Crippen molar-refractivity contribution in [2.24, 2.45) is 0 Å². The minimum atomic E-state index is -0.574. The van der Waals surface area contributed by atoms with E-state index in [0.29, 0.717) is 11.3 Å². The molecule has 1 N–H and O–H groups in total. The normalized spacial score (nSPS) is 18.1. The predicted molar refractivity (Wildman–Crippen MR) is 76.9 cm³/mol. The fraction of sp³-hybridized carbons (Fsp3) is 0.286. The summed E-state index contributed by atoms with van der Waals surface area (Å²) in [5.41, 5.74) is 0.869. The molecule has 1 unspecified atom stereocenters. The minimum Gasteiger partial charge on any atom is -0.441 e. The zero-order chi connectivity index (χ0) is 15.0. The Hall–Kier alpha value is -1.99. The highest BCUT2D eigenvalue weighted by Crippen LogP contribution is 2.31. The predicted octanol–water partition coefficient (Wildman–Crippen LogP) is 2.58. The van der Waals surface area contributed by atoms with Crippen molar-refractivity contribution in [1.82, 2.24) is 4.98 Å². The summed E-state index contributed by atoms with van der Waals surface area (Å²) < 4.78 is 19.2. The van der Waals surface area contributed by atoms with Gasteiger partial charge in [0.2, 0.25) is 0 Å². The first-order chi connectivity index (χ1) is 10.1. The van der Waals surface area contributed by atoms with E-state index in [-0.39, 0.29) is 13.2 Å². The highest BCUT2D eigenvalue weighted by atomic mass is 32.1. The number of nitrogens with zero attached hydrogens (tertiary/aromatic N) is 2. The van der Waals surface area contributed by atoms with Gasteiger partial charge in [0.1, 0.15) is 11.9 Å². The van der Waals surface area contributed by atoms with Crippen molar-refractivity contribution in [3.63, 3.8) is 0 Å². The van der Waals surface area contributed by atoms with Crippen LogP contribution in [0.15, 0.2) is 24.4 Å². The van der Waals surface area contributed by atoms with Gasteiger partial charge in [-0.2, -0.15) is 0 Å². The van der Waals surface area contributed by atoms with Crippen LogP contribution in [0.3, 0.4) is 0 Å². The second-order valence-electron chi connectivity index (χ2n) is 4.71. The summed E-state index contributed by atoms with van der Waals surface area (Å²) in [6.07, 6.45) is 0.489. The first kappa shape index (κ1) is 14.0. The molecule has 1 fully saturated rings. The summed E-state index contributed by atoms with van der Waals surface area (Å²) in [5.74, 6) is -0.420. The lowest BCUT2D eigenvalue weighted by atomic mass is 10.1. The Morgan fingerprint density at radius 3 is 2.95 bits per heavy atom. The van der Waals surface area contributed by atoms with Crippen molar-refractivity contribution in [3.05, 3.63) is 35.2 Å². The van der Waals surface area contributed by atoms with Gasteiger partial charge in [-0.3, -0.25) is 4.90 Å². The van der Waals surface area contributed by atoms with Crippen LogP contribution in [0, 0.1) is 12.7 Å². The maximum atomic E-state index is 14.3. The van der Waals surface area contributed by atoms with Crippen LogP contribution in [0.5, 0.6) is 0 Å². The molecule has 2 aromatic rings. The standard InChI is InChI=1S/C14H13FN2O3S/c1-8-16-5-13(21-8)11-3-2-9(4-12(11)15)17-6-10(7-18)20-14(17)19/h2-5,10,18H,6-7H2,1H3. The molecule has 5 nitrogen and oxygen atoms in total. The lowest BCUT2D eigenvalue weighted by Gasteiger charge is -2.13. The lowest BCUT2D eigenvalue weighted by Crippen LogP contribution is -2.25. The SMILES string of the molecule is Cc1ncc(-c2ccc(N3CC(CO)OC3=O)cc2F)s1. The molecule has 7 heteroatoms. The number of rotatable bonds is 3. The fourth-order valence-electron chi connectivity index (χ4n) is 2.19. The van der Waals surface area contributed by atoms with E-state index in [9.17, 15) is 9.18 Å². The Balaban J connectivity index is 1.90. The minimum absolute atomic E-state index is 0.216. The van der Waals surface area contributed by atoms with Gasteiger partial charge in [-0.05, 0) is 25.1 Å². The topological polar surface area (TPSA) is 62.7 Å². The number of aliphatic hydroxyl groups is 1. The Morgan fingerprint density at radius 2 is 2.38 bits per heavy atom. The first-order valence-electron chi connectivity index (χ1n) is 6.40. The number of amides is 1. The van der Waals surface area contributed by atoms with Crippen LogP contribution in [0.1, 0.15) is 5.01 Å². The summed E-state index contributed by atoms with van der Waals surface area (Å²) in [7, 11) is 0. The molecule has 110 valence electrons. The number of aliphatic hydroxyl groups excluding tert-OH is 1. The number of hydrogen-bond donors (Lipinski definition) is 1. The second kappa shape index (κ2) is 5.42. The van der Waals surface area contributed by atoms with E-state index in [1.807, 2.05) is 6.92 Å². The van der Waals surface area contributed by atoms with Crippen LogP contribution in [0.4, 0.5) is 14.9 Å². The summed E-state index contributed by atoms with van der Waals surface area (Å²) >= 11 is 1.41. The molecule has 0 saturated carbocycles. The molecular formula is C14H13FN2O3S. The van der Waals surface area contributed by atoms with Crippen LogP contribution in [0.25, 0.3) is 10.4 Å². The summed E-state index contributed by atoms with van der Waals surface area (Å²) in [4.78, 5) is 17.8. The molecule has 1 amide bonds. The molecule has 1 aliphatic heterocycles. The van der Waals surface area contributed by atoms with E-state index in [0.717, 1.165) is 9.88 Å². The van der Waals surface area contributed by atoms with E-state index in [2.05, 4.69) is 4.98 Å². The molecule has 1 atom stereocenters. The first-order valence-corrected chi connectivity index (χ1v) is 7.21. The molecule has 1 aromatic heterocycles. The zero-order valence-corrected chi connectivity index (χ0v) is 12.1. The number of ether oxygens (including phenoxy) is 1. The number of halogens is 1. The zero-order valence-electron chi connectivity index (χ0n) is 11.2. The molecule has 1 saturated heterocycles. The number of aryl methyl sites for hydroxylation is 1. The van der Waals surface area contributed by atoms with Gasteiger partial charge in [0.15, 0.2) is 0 Å². The van der Waals surface area contributed by atoms with Crippen LogP contribution in [-0.2, 0) is 4.74 Å². The van der Waals surface area contributed by atoms with Crippen molar-refractivity contribution in [2.45, 2.75) is 13.0 Å². The quantitative estimate of drug-likeness (QED) is 0.946. The number of hydrogen-bond acceptors (Lipinski definition) is 5. The number of cyclic esters (lactones) is 1. The third kappa shape index (κ3) is 2.62. The molecular weight excluding hydrogens is 295 g/mol. The maximum absolute atomic E-state index is 14.3. The van der Waals surface area contributed by atoms with Gasteiger partial charge in [-0.25, -0.2) is 14.2 Å². The third-order valence-corrected chi connectivity index (χ3v) is 4.17. The average Bonchev–Trinajstić information content (AvgIpc) is 3.04. The average molecular weight is 308 g/mol. The van der Waals surface area contributed by atoms with Gasteiger partial charge in [0.05, 0.1) is 28.7 Å². The number of benzene rings is 1. The van der Waals surface area contributed by atoms with Crippen LogP contribution in [0.2, 0.25) is 0 Å². The molecule has 3 rings (SSSR count). The molecule has 2 heterocycles. The second-order valence-corrected chi connectivity index (χ2v) is 5.94. The van der Waals surface area contributed by atoms with Crippen molar-refractivity contribution < 1.29 is 19.0 Å². The molecule has 0 aliphatic carbocycles. The summed E-state index contributed by atoms with van der Waals surface area (Å²) in [5, 5.41) is 9.88. The number of aromatic nitrogens is 1. The van der Waals surface area contributed by atoms with Gasteiger partial charge >= 0.3 is 6.09 Å². The molecule has 21 heavy (non-hydrogen) atoms. The van der Waals surface area contributed by atoms with Crippen LogP contribution >= 0.6 is 11.3 Å². The highest BCUT2D eigenvalue weighted by Gasteiger charge is 2.32. The van der Waals surface area contributed by atoms with Crippen molar-refractivity contribution in [1.29, 1.82) is 0 Å². The monoisotopic (exact) mass is 308 g/mol. The smallest absolute Gasteiger partial charge is 0.414 e. The maximum Gasteiger partial charge on any atom is 0.414 e. The van der Waals surface area contributed by atoms with E-state index in [1.165, 1.54) is 22.3 Å². The van der Waals surface area contributed by atoms with Crippen LogP contribution < -0.4 is 4.90 Å². The van der Waals surface area contributed by atoms with E-state index in [4.69, 9.17) is 9.84 Å². The van der Waals surface area contributed by atoms with Gasteiger partial charge in [0.25, 0.3) is 0 Å². The van der Waals surface area contributed by atoms with Crippen molar-refractivity contribution >= 4 is 23.1 Å². The van der Waals surface area contributed by atoms with E-state index in [1.54, 1.807) is 18.3 Å². The number of carbonyl (C=O) groups is 1. The molecule has 1 aromatic carbocycles. The Labute approximate surface area is 124 Å².